The van der Waals surface area contributed by atoms with Crippen LogP contribution in [0.4, 0.5) is 0 Å². The number of piperidine rings is 2. The Bertz CT molecular complexity index is 1030. The molecule has 0 unspecified atom stereocenters. The van der Waals surface area contributed by atoms with E-state index in [-0.39, 0.29) is 47.8 Å². The number of fused-ring (bicyclic) bond motifs is 2. The summed E-state index contributed by atoms with van der Waals surface area (Å²) in [5.74, 6) is -2.64. The molecule has 5 heterocycles. The smallest absolute Gasteiger partial charge is 0.362 e. The van der Waals surface area contributed by atoms with Crippen molar-refractivity contribution in [2.24, 2.45) is 22.0 Å². The number of cyclic esters (lactones) is 4. The van der Waals surface area contributed by atoms with E-state index in [1.54, 1.807) is 0 Å². The van der Waals surface area contributed by atoms with Gasteiger partial charge in [-0.15, -0.1) is 0 Å². The second kappa shape index (κ2) is 7.86. The molecule has 0 N–H and O–H groups in total. The first kappa shape index (κ1) is 22.4. The van der Waals surface area contributed by atoms with Gasteiger partial charge in [-0.1, -0.05) is 12.8 Å². The Labute approximate surface area is 209 Å². The van der Waals surface area contributed by atoms with Gasteiger partial charge in [0.25, 0.3) is 0 Å². The van der Waals surface area contributed by atoms with Crippen LogP contribution in [0.25, 0.3) is 0 Å². The largest absolute Gasteiger partial charge is 0.388 e. The SMILES string of the molecule is O=C1C[C@@H]2CCC[C@@]34CCC[C@@H]3C(=NN24)C(=O)OC(=O)C[C@@H]2CCC[C@@]34CCC[C@@H]3C(=NN24)C(=O)O1. The zero-order valence-corrected chi connectivity index (χ0v) is 20.4. The van der Waals surface area contributed by atoms with E-state index in [4.69, 9.17) is 19.7 Å². The van der Waals surface area contributed by atoms with Gasteiger partial charge in [0.1, 0.15) is 0 Å². The summed E-state index contributed by atoms with van der Waals surface area (Å²) >= 11 is 0. The lowest BCUT2D eigenvalue weighted by Gasteiger charge is -2.46. The zero-order chi connectivity index (χ0) is 24.7. The van der Waals surface area contributed by atoms with Crippen LogP contribution >= 0.6 is 0 Å². The van der Waals surface area contributed by atoms with Crippen molar-refractivity contribution in [2.45, 2.75) is 113 Å². The van der Waals surface area contributed by atoms with Crippen molar-refractivity contribution in [3.05, 3.63) is 0 Å². The van der Waals surface area contributed by atoms with Gasteiger partial charge >= 0.3 is 23.9 Å². The second-order valence-electron chi connectivity index (χ2n) is 11.8. The summed E-state index contributed by atoms with van der Waals surface area (Å²) in [6.45, 7) is 0. The molecule has 7 rings (SSSR count). The molecule has 0 aromatic rings. The first-order valence-corrected chi connectivity index (χ1v) is 13.7. The number of rotatable bonds is 0. The van der Waals surface area contributed by atoms with E-state index >= 15 is 0 Å². The average molecular weight is 497 g/mol. The molecule has 0 amide bonds. The third-order valence-electron chi connectivity index (χ3n) is 10.1. The number of ether oxygens (including phenoxy) is 2. The molecule has 36 heavy (non-hydrogen) atoms. The zero-order valence-electron chi connectivity index (χ0n) is 20.4. The summed E-state index contributed by atoms with van der Waals surface area (Å²) in [6.07, 6.45) is 10.4. The fraction of sp³-hybridized carbons (Fsp3) is 0.769. The molecule has 7 aliphatic rings. The van der Waals surface area contributed by atoms with Crippen LogP contribution < -0.4 is 0 Å². The number of esters is 4. The van der Waals surface area contributed by atoms with E-state index in [9.17, 15) is 19.2 Å². The maximum Gasteiger partial charge on any atom is 0.362 e. The van der Waals surface area contributed by atoms with Gasteiger partial charge in [0.15, 0.2) is 11.4 Å². The molecule has 0 aromatic heterocycles. The van der Waals surface area contributed by atoms with Crippen LogP contribution in [0.15, 0.2) is 10.2 Å². The summed E-state index contributed by atoms with van der Waals surface area (Å²) < 4.78 is 10.8. The molecule has 10 heteroatoms. The van der Waals surface area contributed by atoms with Crippen molar-refractivity contribution in [3.8, 4) is 0 Å². The number of carbonyl (C=O) groups is 4. The van der Waals surface area contributed by atoms with Crippen LogP contribution in [0, 0.1) is 11.8 Å². The van der Waals surface area contributed by atoms with Crippen LogP contribution in [-0.4, -0.2) is 68.5 Å². The molecule has 10 nitrogen and oxygen atoms in total. The molecule has 192 valence electrons. The number of carbonyl (C=O) groups excluding carboxylic acids is 4. The van der Waals surface area contributed by atoms with Crippen molar-refractivity contribution in [2.75, 3.05) is 0 Å². The Morgan fingerprint density at radius 2 is 1.00 bits per heavy atom. The number of hydrogen-bond donors (Lipinski definition) is 0. The van der Waals surface area contributed by atoms with Gasteiger partial charge in [0.05, 0.1) is 36.0 Å². The van der Waals surface area contributed by atoms with E-state index in [0.717, 1.165) is 77.0 Å². The van der Waals surface area contributed by atoms with E-state index in [0.29, 0.717) is 11.4 Å². The van der Waals surface area contributed by atoms with Crippen LogP contribution in [0.1, 0.15) is 89.9 Å². The first-order chi connectivity index (χ1) is 17.4. The maximum absolute atomic E-state index is 13.2. The Kier molecular flexibility index (Phi) is 4.89. The quantitative estimate of drug-likeness (QED) is 0.371. The van der Waals surface area contributed by atoms with Gasteiger partial charge in [-0.3, -0.25) is 19.6 Å². The summed E-state index contributed by atoms with van der Waals surface area (Å²) in [7, 11) is 0. The highest BCUT2D eigenvalue weighted by Crippen LogP contribution is 2.54. The van der Waals surface area contributed by atoms with Crippen molar-refractivity contribution in [1.82, 2.24) is 10.0 Å². The van der Waals surface area contributed by atoms with Gasteiger partial charge in [0, 0.05) is 11.8 Å². The molecule has 2 saturated carbocycles. The summed E-state index contributed by atoms with van der Waals surface area (Å²) in [5, 5.41) is 13.2. The Hall–Kier alpha value is -2.78. The Morgan fingerprint density at radius 1 is 0.611 bits per heavy atom. The molecule has 2 saturated heterocycles. The van der Waals surface area contributed by atoms with Gasteiger partial charge in [-0.2, -0.15) is 10.2 Å². The highest BCUT2D eigenvalue weighted by Gasteiger charge is 2.60. The van der Waals surface area contributed by atoms with Crippen molar-refractivity contribution < 1.29 is 28.7 Å². The Morgan fingerprint density at radius 3 is 1.42 bits per heavy atom. The summed E-state index contributed by atoms with van der Waals surface area (Å²) in [6, 6.07) is -0.514. The highest BCUT2D eigenvalue weighted by molar-refractivity contribution is 6.40. The maximum atomic E-state index is 13.2. The lowest BCUT2D eigenvalue weighted by molar-refractivity contribution is -0.158. The minimum absolute atomic E-state index is 0.0282. The van der Waals surface area contributed by atoms with E-state index in [2.05, 4.69) is 0 Å². The molecule has 6 atom stereocenters. The van der Waals surface area contributed by atoms with Crippen LogP contribution in [0.2, 0.25) is 0 Å². The number of nitrogens with zero attached hydrogens (tertiary/aromatic N) is 4. The van der Waals surface area contributed by atoms with Crippen molar-refractivity contribution in [3.63, 3.8) is 0 Å². The fourth-order valence-electron chi connectivity index (χ4n) is 8.78. The topological polar surface area (TPSA) is 118 Å². The molecule has 2 spiro atoms. The molecule has 4 fully saturated rings. The van der Waals surface area contributed by atoms with Crippen molar-refractivity contribution >= 4 is 35.3 Å². The lowest BCUT2D eigenvalue weighted by atomic mass is 9.76. The van der Waals surface area contributed by atoms with Crippen LogP contribution in [-0.2, 0) is 28.7 Å². The number of hydrazone groups is 2. The minimum atomic E-state index is -0.654. The molecule has 2 aliphatic carbocycles. The first-order valence-electron chi connectivity index (χ1n) is 13.7. The van der Waals surface area contributed by atoms with Gasteiger partial charge < -0.3 is 9.47 Å². The lowest BCUT2D eigenvalue weighted by Crippen LogP contribution is -2.54. The third-order valence-corrected chi connectivity index (χ3v) is 10.1. The van der Waals surface area contributed by atoms with Gasteiger partial charge in [0.2, 0.25) is 0 Å². The van der Waals surface area contributed by atoms with Gasteiger partial charge in [-0.25, -0.2) is 9.59 Å². The Balaban J connectivity index is 1.25. The second-order valence-corrected chi connectivity index (χ2v) is 11.8. The predicted molar refractivity (Wildman–Crippen MR) is 125 cm³/mol. The van der Waals surface area contributed by atoms with Crippen LogP contribution in [0.3, 0.4) is 0 Å². The molecule has 5 aliphatic heterocycles. The predicted octanol–water partition coefficient (Wildman–Crippen LogP) is 2.45. The summed E-state index contributed by atoms with van der Waals surface area (Å²) in [5.41, 5.74) is -0.0241. The van der Waals surface area contributed by atoms with E-state index < -0.39 is 23.9 Å². The van der Waals surface area contributed by atoms with Gasteiger partial charge in [-0.05, 0) is 64.2 Å². The van der Waals surface area contributed by atoms with Crippen molar-refractivity contribution in [1.29, 1.82) is 0 Å². The standard InChI is InChI=1S/C26H32N4O6/c31-19-13-15-5-1-9-25-11-3-7-17(25)21(27-29(15)25)23(33)36-20(32)14-16-6-2-10-26-12-4-8-18(26)22(24(34)35-19)28-30(16)26/h15-18H,1-14H2/t15-,16-,17+,18+,25+,26+/m0/s1. The van der Waals surface area contributed by atoms with E-state index in [1.165, 1.54) is 0 Å². The van der Waals surface area contributed by atoms with Crippen LogP contribution in [0.5, 0.6) is 0 Å². The minimum Gasteiger partial charge on any atom is -0.388 e. The number of hydrogen-bond acceptors (Lipinski definition) is 10. The molecule has 0 radical (unpaired) electrons. The monoisotopic (exact) mass is 496 g/mol. The highest BCUT2D eigenvalue weighted by atomic mass is 16.6. The third kappa shape index (κ3) is 3.02. The molecule has 4 bridgehead atoms. The summed E-state index contributed by atoms with van der Waals surface area (Å²) in [4.78, 5) is 52.5. The fourth-order valence-corrected chi connectivity index (χ4v) is 8.78. The molecular formula is C26H32N4O6. The van der Waals surface area contributed by atoms with E-state index in [1.807, 2.05) is 10.0 Å². The normalized spacial score (nSPS) is 42.0. The molecule has 0 aromatic carbocycles. The average Bonchev–Trinajstić information content (AvgIpc) is 3.55. The molecular weight excluding hydrogens is 464 g/mol.